The highest BCUT2D eigenvalue weighted by Gasteiger charge is 2.18. The van der Waals surface area contributed by atoms with Gasteiger partial charge in [0.05, 0.1) is 12.3 Å². The van der Waals surface area contributed by atoms with Crippen LogP contribution in [0.5, 0.6) is 0 Å². The van der Waals surface area contributed by atoms with E-state index in [-0.39, 0.29) is 0 Å². The van der Waals surface area contributed by atoms with E-state index in [1.807, 2.05) is 6.92 Å². The van der Waals surface area contributed by atoms with Gasteiger partial charge in [-0.3, -0.25) is 0 Å². The van der Waals surface area contributed by atoms with Crippen LogP contribution in [0.4, 0.5) is 0 Å². The highest BCUT2D eigenvalue weighted by atomic mass is 32.2. The van der Waals surface area contributed by atoms with E-state index < -0.39 is 10.2 Å². The van der Waals surface area contributed by atoms with E-state index in [4.69, 9.17) is 4.74 Å². The van der Waals surface area contributed by atoms with Crippen molar-refractivity contribution in [2.24, 2.45) is 0 Å². The molecular weight excluding hydrogens is 230 g/mol. The lowest BCUT2D eigenvalue weighted by Gasteiger charge is -2.10. The molecule has 0 fully saturated rings. The third-order valence-corrected chi connectivity index (χ3v) is 3.80. The summed E-state index contributed by atoms with van der Waals surface area (Å²) in [6, 6.07) is 0. The molecule has 7 heteroatoms. The zero-order valence-electron chi connectivity index (χ0n) is 9.97. The van der Waals surface area contributed by atoms with Crippen molar-refractivity contribution >= 4 is 10.2 Å². The first-order valence-electron chi connectivity index (χ1n) is 4.86. The summed E-state index contributed by atoms with van der Waals surface area (Å²) < 4.78 is 30.6. The fourth-order valence-corrected chi connectivity index (χ4v) is 2.03. The van der Waals surface area contributed by atoms with Crippen LogP contribution in [0.15, 0.2) is 6.20 Å². The van der Waals surface area contributed by atoms with E-state index in [2.05, 4.69) is 5.10 Å². The number of aryl methyl sites for hydroxylation is 1. The monoisotopic (exact) mass is 247 g/mol. The van der Waals surface area contributed by atoms with Gasteiger partial charge < -0.3 is 4.74 Å². The summed E-state index contributed by atoms with van der Waals surface area (Å²) >= 11 is 0. The van der Waals surface area contributed by atoms with E-state index in [0.717, 1.165) is 19.6 Å². The molecule has 0 radical (unpaired) electrons. The minimum Gasteiger partial charge on any atom is -0.384 e. The Morgan fingerprint density at radius 2 is 2.12 bits per heavy atom. The molecule has 1 rings (SSSR count). The number of hydrogen-bond acceptors (Lipinski definition) is 4. The molecule has 0 aliphatic rings. The van der Waals surface area contributed by atoms with E-state index in [1.165, 1.54) is 20.3 Å². The summed E-state index contributed by atoms with van der Waals surface area (Å²) in [6.45, 7) is 2.36. The van der Waals surface area contributed by atoms with Gasteiger partial charge in [0.15, 0.2) is 0 Å². The van der Waals surface area contributed by atoms with Gasteiger partial charge in [-0.25, -0.2) is 0 Å². The zero-order chi connectivity index (χ0) is 12.3. The van der Waals surface area contributed by atoms with Gasteiger partial charge >= 0.3 is 10.2 Å². The largest absolute Gasteiger partial charge is 0.384 e. The Morgan fingerprint density at radius 1 is 1.50 bits per heavy atom. The van der Waals surface area contributed by atoms with Crippen LogP contribution >= 0.6 is 0 Å². The van der Waals surface area contributed by atoms with Crippen LogP contribution in [-0.2, 0) is 21.4 Å². The van der Waals surface area contributed by atoms with Gasteiger partial charge in [0, 0.05) is 33.8 Å². The van der Waals surface area contributed by atoms with Gasteiger partial charge in [-0.05, 0) is 12.5 Å². The molecule has 16 heavy (non-hydrogen) atoms. The third-order valence-electron chi connectivity index (χ3n) is 2.22. The molecule has 0 aromatic carbocycles. The molecule has 0 bridgehead atoms. The summed E-state index contributed by atoms with van der Waals surface area (Å²) in [5.74, 6) is 0. The molecule has 1 heterocycles. The first-order chi connectivity index (χ1) is 7.39. The molecule has 0 atom stereocenters. The average Bonchev–Trinajstić information content (AvgIpc) is 2.57. The Morgan fingerprint density at radius 3 is 2.62 bits per heavy atom. The molecule has 1 aromatic rings. The van der Waals surface area contributed by atoms with Crippen LogP contribution in [0, 0.1) is 6.92 Å². The molecule has 1 aromatic heterocycles. The minimum absolute atomic E-state index is 0.528. The van der Waals surface area contributed by atoms with E-state index in [0.29, 0.717) is 13.0 Å². The van der Waals surface area contributed by atoms with Crippen molar-refractivity contribution in [2.45, 2.75) is 13.3 Å². The number of methoxy groups -OCH3 is 1. The number of nitrogens with zero attached hydrogens (tertiary/aromatic N) is 3. The Bertz CT molecular complexity index is 451. The maximum Gasteiger partial charge on any atom is 0.322 e. The van der Waals surface area contributed by atoms with E-state index in [9.17, 15) is 8.42 Å². The van der Waals surface area contributed by atoms with Gasteiger partial charge in [0.25, 0.3) is 0 Å². The molecule has 0 saturated carbocycles. The van der Waals surface area contributed by atoms with Crippen molar-refractivity contribution in [1.82, 2.24) is 13.5 Å². The lowest BCUT2D eigenvalue weighted by atomic mass is 10.2. The van der Waals surface area contributed by atoms with Gasteiger partial charge in [0.1, 0.15) is 0 Å². The molecule has 92 valence electrons. The second-order valence-electron chi connectivity index (χ2n) is 3.66. The molecular formula is C9H17N3O3S. The summed E-state index contributed by atoms with van der Waals surface area (Å²) in [5, 5.41) is 4.05. The Hall–Kier alpha value is -0.920. The molecule has 0 unspecified atom stereocenters. The molecule has 0 amide bonds. The second-order valence-corrected chi connectivity index (χ2v) is 5.66. The van der Waals surface area contributed by atoms with Gasteiger partial charge in [-0.15, -0.1) is 0 Å². The highest BCUT2D eigenvalue weighted by molar-refractivity contribution is 7.87. The molecule has 0 aliphatic carbocycles. The van der Waals surface area contributed by atoms with Gasteiger partial charge in [-0.2, -0.15) is 21.9 Å². The fraction of sp³-hybridized carbons (Fsp3) is 0.667. The lowest BCUT2D eigenvalue weighted by Crippen LogP contribution is -2.29. The third kappa shape index (κ3) is 2.60. The number of aromatic nitrogens is 2. The molecule has 0 spiro atoms. The van der Waals surface area contributed by atoms with Gasteiger partial charge in [-0.1, -0.05) is 0 Å². The Kier molecular flexibility index (Phi) is 4.06. The number of hydrogen-bond donors (Lipinski definition) is 0. The van der Waals surface area contributed by atoms with Crippen LogP contribution in [0.3, 0.4) is 0 Å². The van der Waals surface area contributed by atoms with Crippen LogP contribution in [0.2, 0.25) is 0 Å². The van der Waals surface area contributed by atoms with E-state index in [1.54, 1.807) is 7.11 Å². The average molecular weight is 247 g/mol. The standard InChI is InChI=1S/C9H17N3O3S/c1-8-7-12(16(13,14)11(2)3)10-9(8)5-6-15-4/h7H,5-6H2,1-4H3. The predicted octanol–water partition coefficient (Wildman–Crippen LogP) is 0.0349. The van der Waals surface area contributed by atoms with Crippen LogP contribution in [0.1, 0.15) is 11.3 Å². The van der Waals surface area contributed by atoms with Crippen molar-refractivity contribution in [3.63, 3.8) is 0 Å². The first-order valence-corrected chi connectivity index (χ1v) is 6.26. The topological polar surface area (TPSA) is 64.4 Å². The van der Waals surface area contributed by atoms with Crippen molar-refractivity contribution in [2.75, 3.05) is 27.8 Å². The summed E-state index contributed by atoms with van der Waals surface area (Å²) in [7, 11) is 1.04. The second kappa shape index (κ2) is 4.94. The highest BCUT2D eigenvalue weighted by Crippen LogP contribution is 2.09. The normalized spacial score (nSPS) is 12.3. The first kappa shape index (κ1) is 13.1. The van der Waals surface area contributed by atoms with Crippen molar-refractivity contribution in [3.8, 4) is 0 Å². The molecule has 0 aliphatic heterocycles. The van der Waals surface area contributed by atoms with Gasteiger partial charge in [0.2, 0.25) is 0 Å². The van der Waals surface area contributed by atoms with Crippen molar-refractivity contribution in [1.29, 1.82) is 0 Å². The zero-order valence-corrected chi connectivity index (χ0v) is 10.8. The van der Waals surface area contributed by atoms with Crippen LogP contribution < -0.4 is 0 Å². The Labute approximate surface area is 96.0 Å². The molecule has 0 N–H and O–H groups in total. The van der Waals surface area contributed by atoms with E-state index >= 15 is 0 Å². The fourth-order valence-electron chi connectivity index (χ4n) is 1.20. The summed E-state index contributed by atoms with van der Waals surface area (Å²) in [4.78, 5) is 0. The SMILES string of the molecule is COCCc1nn(S(=O)(=O)N(C)C)cc1C. The van der Waals surface area contributed by atoms with Crippen molar-refractivity contribution in [3.05, 3.63) is 17.5 Å². The van der Waals surface area contributed by atoms with Crippen molar-refractivity contribution < 1.29 is 13.2 Å². The number of ether oxygens (including phenoxy) is 1. The number of rotatable bonds is 5. The quantitative estimate of drug-likeness (QED) is 0.736. The van der Waals surface area contributed by atoms with Crippen LogP contribution in [0.25, 0.3) is 0 Å². The maximum atomic E-state index is 11.8. The predicted molar refractivity (Wildman–Crippen MR) is 60.5 cm³/mol. The summed E-state index contributed by atoms with van der Waals surface area (Å²) in [5.41, 5.74) is 1.59. The molecule has 6 nitrogen and oxygen atoms in total. The smallest absolute Gasteiger partial charge is 0.322 e. The van der Waals surface area contributed by atoms with Crippen LogP contribution in [-0.4, -0.2) is 49.7 Å². The summed E-state index contributed by atoms with van der Waals surface area (Å²) in [6.07, 6.45) is 2.12. The lowest BCUT2D eigenvalue weighted by molar-refractivity contribution is 0.201. The Balaban J connectivity index is 3.01. The minimum atomic E-state index is -3.51. The maximum absolute atomic E-state index is 11.8. The molecule has 0 saturated heterocycles.